The molecule has 1 N–H and O–H groups in total. The lowest BCUT2D eigenvalue weighted by Gasteiger charge is -2.26. The molecule has 0 bridgehead atoms. The molecule has 18 heavy (non-hydrogen) atoms. The lowest BCUT2D eigenvalue weighted by Crippen LogP contribution is -2.35. The van der Waals surface area contributed by atoms with Crippen molar-refractivity contribution in [3.8, 4) is 5.75 Å². The molecule has 0 aliphatic carbocycles. The molecule has 0 unspecified atom stereocenters. The smallest absolute Gasteiger partial charge is 0.222 e. The largest absolute Gasteiger partial charge is 0.508 e. The molecule has 1 heterocycles. The van der Waals surface area contributed by atoms with Crippen LogP contribution < -0.4 is 0 Å². The van der Waals surface area contributed by atoms with Gasteiger partial charge in [0.25, 0.3) is 0 Å². The van der Waals surface area contributed by atoms with Gasteiger partial charge in [-0.3, -0.25) is 4.79 Å². The van der Waals surface area contributed by atoms with Crippen molar-refractivity contribution in [1.29, 1.82) is 0 Å². The Bertz CT molecular complexity index is 428. The zero-order valence-corrected chi connectivity index (χ0v) is 11.1. The third-order valence-electron chi connectivity index (χ3n) is 3.36. The number of likely N-dealkylation sites (tertiary alicyclic amines) is 1. The zero-order chi connectivity index (χ0) is 13.0. The number of hydrogen-bond donors (Lipinski definition) is 1. The minimum atomic E-state index is 0.175. The minimum absolute atomic E-state index is 0.175. The summed E-state index contributed by atoms with van der Waals surface area (Å²) in [4.78, 5) is 13.9. The molecule has 0 atom stereocenters. The van der Waals surface area contributed by atoms with Crippen LogP contribution >= 0.6 is 11.6 Å². The van der Waals surface area contributed by atoms with Gasteiger partial charge in [0, 0.05) is 24.5 Å². The Morgan fingerprint density at radius 3 is 2.67 bits per heavy atom. The van der Waals surface area contributed by atoms with Crippen molar-refractivity contribution in [3.05, 3.63) is 28.8 Å². The summed E-state index contributed by atoms with van der Waals surface area (Å²) in [5.41, 5.74) is 0.782. The molecule has 1 aromatic rings. The fraction of sp³-hybridized carbons (Fsp3) is 0.500. The maximum atomic E-state index is 12.0. The normalized spacial score (nSPS) is 15.7. The SMILES string of the molecule is O=C(CCc1ccc(Cl)cc1O)N1CCCCC1. The molecule has 1 saturated heterocycles. The van der Waals surface area contributed by atoms with Gasteiger partial charge < -0.3 is 10.0 Å². The van der Waals surface area contributed by atoms with Gasteiger partial charge in [0.15, 0.2) is 0 Å². The molecule has 0 aromatic heterocycles. The molecule has 4 heteroatoms. The summed E-state index contributed by atoms with van der Waals surface area (Å²) in [5.74, 6) is 0.359. The van der Waals surface area contributed by atoms with Crippen LogP contribution in [0.5, 0.6) is 5.75 Å². The second kappa shape index (κ2) is 6.10. The standard InChI is InChI=1S/C14H18ClNO2/c15-12-6-4-11(13(17)10-12)5-7-14(18)16-8-2-1-3-9-16/h4,6,10,17H,1-3,5,7-9H2. The molecule has 0 radical (unpaired) electrons. The Labute approximate surface area is 112 Å². The van der Waals surface area contributed by atoms with Crippen LogP contribution in [-0.2, 0) is 11.2 Å². The molecule has 3 nitrogen and oxygen atoms in total. The Morgan fingerprint density at radius 2 is 2.00 bits per heavy atom. The monoisotopic (exact) mass is 267 g/mol. The predicted molar refractivity (Wildman–Crippen MR) is 71.9 cm³/mol. The molecule has 1 amide bonds. The van der Waals surface area contributed by atoms with Gasteiger partial charge in [0.05, 0.1) is 0 Å². The number of carbonyl (C=O) groups is 1. The summed E-state index contributed by atoms with van der Waals surface area (Å²) in [5, 5.41) is 10.2. The number of aromatic hydroxyl groups is 1. The molecule has 1 fully saturated rings. The second-order valence-corrected chi connectivity index (χ2v) is 5.15. The van der Waals surface area contributed by atoms with Gasteiger partial charge in [-0.2, -0.15) is 0 Å². The number of nitrogens with zero attached hydrogens (tertiary/aromatic N) is 1. The summed E-state index contributed by atoms with van der Waals surface area (Å²) < 4.78 is 0. The van der Waals surface area contributed by atoms with E-state index in [-0.39, 0.29) is 11.7 Å². The van der Waals surface area contributed by atoms with Gasteiger partial charge in [-0.05, 0) is 43.4 Å². The van der Waals surface area contributed by atoms with E-state index in [0.29, 0.717) is 17.9 Å². The van der Waals surface area contributed by atoms with E-state index in [4.69, 9.17) is 11.6 Å². The predicted octanol–water partition coefficient (Wildman–Crippen LogP) is 2.99. The second-order valence-electron chi connectivity index (χ2n) is 4.71. The van der Waals surface area contributed by atoms with Crippen molar-refractivity contribution in [2.24, 2.45) is 0 Å². The molecule has 1 aromatic carbocycles. The van der Waals surface area contributed by atoms with Gasteiger partial charge in [-0.1, -0.05) is 17.7 Å². The van der Waals surface area contributed by atoms with Crippen LogP contribution in [0.4, 0.5) is 0 Å². The fourth-order valence-electron chi connectivity index (χ4n) is 2.29. The number of amides is 1. The lowest BCUT2D eigenvalue weighted by molar-refractivity contribution is -0.132. The summed E-state index contributed by atoms with van der Waals surface area (Å²) in [6.07, 6.45) is 4.46. The van der Waals surface area contributed by atoms with Crippen molar-refractivity contribution in [1.82, 2.24) is 4.90 Å². The van der Waals surface area contributed by atoms with Crippen molar-refractivity contribution < 1.29 is 9.90 Å². The zero-order valence-electron chi connectivity index (χ0n) is 10.4. The van der Waals surface area contributed by atoms with Gasteiger partial charge in [-0.25, -0.2) is 0 Å². The van der Waals surface area contributed by atoms with Gasteiger partial charge in [0.2, 0.25) is 5.91 Å². The maximum Gasteiger partial charge on any atom is 0.222 e. The number of aryl methyl sites for hydroxylation is 1. The van der Waals surface area contributed by atoms with Crippen molar-refractivity contribution in [2.45, 2.75) is 32.1 Å². The number of hydrogen-bond acceptors (Lipinski definition) is 2. The molecule has 1 aliphatic heterocycles. The van der Waals surface area contributed by atoms with Crippen molar-refractivity contribution >= 4 is 17.5 Å². The summed E-state index contributed by atoms with van der Waals surface area (Å²) >= 11 is 5.77. The topological polar surface area (TPSA) is 40.5 Å². The highest BCUT2D eigenvalue weighted by molar-refractivity contribution is 6.30. The third kappa shape index (κ3) is 3.39. The number of piperidine rings is 1. The molecule has 1 aliphatic rings. The molecular weight excluding hydrogens is 250 g/mol. The molecule has 0 spiro atoms. The average Bonchev–Trinajstić information content (AvgIpc) is 2.38. The van der Waals surface area contributed by atoms with E-state index in [1.807, 2.05) is 4.90 Å². The first-order chi connectivity index (χ1) is 8.66. The summed E-state index contributed by atoms with van der Waals surface area (Å²) in [6.45, 7) is 1.76. The first-order valence-corrected chi connectivity index (χ1v) is 6.80. The Hall–Kier alpha value is -1.22. The van der Waals surface area contributed by atoms with Crippen LogP contribution in [-0.4, -0.2) is 29.0 Å². The quantitative estimate of drug-likeness (QED) is 0.915. The summed E-state index contributed by atoms with van der Waals surface area (Å²) in [7, 11) is 0. The Morgan fingerprint density at radius 1 is 1.28 bits per heavy atom. The minimum Gasteiger partial charge on any atom is -0.508 e. The summed E-state index contributed by atoms with van der Waals surface area (Å²) in [6, 6.07) is 5.03. The highest BCUT2D eigenvalue weighted by atomic mass is 35.5. The Kier molecular flexibility index (Phi) is 4.48. The first-order valence-electron chi connectivity index (χ1n) is 6.42. The number of benzene rings is 1. The van der Waals surface area contributed by atoms with Gasteiger partial charge in [0.1, 0.15) is 5.75 Å². The number of rotatable bonds is 3. The van der Waals surface area contributed by atoms with Crippen molar-refractivity contribution in [2.75, 3.05) is 13.1 Å². The molecular formula is C14H18ClNO2. The van der Waals surface area contributed by atoms with Crippen LogP contribution in [0.15, 0.2) is 18.2 Å². The van der Waals surface area contributed by atoms with Crippen LogP contribution in [0.1, 0.15) is 31.2 Å². The number of carbonyl (C=O) groups excluding carboxylic acids is 1. The highest BCUT2D eigenvalue weighted by Crippen LogP contribution is 2.23. The van der Waals surface area contributed by atoms with E-state index in [9.17, 15) is 9.90 Å². The number of phenols is 1. The average molecular weight is 268 g/mol. The Balaban J connectivity index is 1.88. The number of phenolic OH excluding ortho intramolecular Hbond substituents is 1. The third-order valence-corrected chi connectivity index (χ3v) is 3.60. The molecule has 98 valence electrons. The van der Waals surface area contributed by atoms with Crippen LogP contribution in [0.2, 0.25) is 5.02 Å². The number of halogens is 1. The van der Waals surface area contributed by atoms with Crippen LogP contribution in [0, 0.1) is 0 Å². The van der Waals surface area contributed by atoms with Crippen LogP contribution in [0.25, 0.3) is 0 Å². The van der Waals surface area contributed by atoms with E-state index < -0.39 is 0 Å². The van der Waals surface area contributed by atoms with E-state index in [1.165, 1.54) is 12.5 Å². The first kappa shape index (κ1) is 13.2. The van der Waals surface area contributed by atoms with Gasteiger partial charge in [-0.15, -0.1) is 0 Å². The van der Waals surface area contributed by atoms with Crippen molar-refractivity contribution in [3.63, 3.8) is 0 Å². The maximum absolute atomic E-state index is 12.0. The lowest BCUT2D eigenvalue weighted by atomic mass is 10.1. The van der Waals surface area contributed by atoms with Gasteiger partial charge >= 0.3 is 0 Å². The molecule has 2 rings (SSSR count). The highest BCUT2D eigenvalue weighted by Gasteiger charge is 2.16. The van der Waals surface area contributed by atoms with E-state index >= 15 is 0 Å². The van der Waals surface area contributed by atoms with E-state index in [0.717, 1.165) is 31.5 Å². The van der Waals surface area contributed by atoms with E-state index in [2.05, 4.69) is 0 Å². The fourth-order valence-corrected chi connectivity index (χ4v) is 2.46. The molecule has 0 saturated carbocycles. The van der Waals surface area contributed by atoms with Crippen LogP contribution in [0.3, 0.4) is 0 Å². The van der Waals surface area contributed by atoms with E-state index in [1.54, 1.807) is 12.1 Å².